The molecule has 0 aliphatic rings. The molecular weight excluding hydrogens is 343 g/mol. The number of hydrogen-bond acceptors (Lipinski definition) is 4. The quantitative estimate of drug-likeness (QED) is 0.535. The van der Waals surface area contributed by atoms with Gasteiger partial charge in [0.15, 0.2) is 0 Å². The number of carbonyl (C=O) groups is 1. The zero-order valence-electron chi connectivity index (χ0n) is 15.8. The number of rotatable bonds is 6. The van der Waals surface area contributed by atoms with Crippen molar-refractivity contribution in [2.75, 3.05) is 12.0 Å². The first-order valence-electron chi connectivity index (χ1n) is 8.30. The Bertz CT molecular complexity index is 971. The van der Waals surface area contributed by atoms with Crippen molar-refractivity contribution in [3.8, 4) is 11.8 Å². The summed E-state index contributed by atoms with van der Waals surface area (Å²) in [6.45, 7) is 9.52. The molecule has 0 aliphatic carbocycles. The minimum absolute atomic E-state index is 0.0327. The third kappa shape index (κ3) is 4.06. The van der Waals surface area contributed by atoms with Crippen molar-refractivity contribution < 1.29 is 13.9 Å². The van der Waals surface area contributed by atoms with Crippen LogP contribution in [0.4, 0.5) is 10.1 Å². The fourth-order valence-corrected chi connectivity index (χ4v) is 2.73. The van der Waals surface area contributed by atoms with Crippen molar-refractivity contribution in [2.24, 2.45) is 0 Å². The molecule has 0 saturated heterocycles. The molecule has 2 rings (SSSR count). The van der Waals surface area contributed by atoms with E-state index in [2.05, 4.69) is 6.58 Å². The minimum atomic E-state index is -0.615. The Morgan fingerprint density at radius 1 is 1.26 bits per heavy atom. The van der Waals surface area contributed by atoms with E-state index in [-0.39, 0.29) is 5.56 Å². The van der Waals surface area contributed by atoms with Crippen LogP contribution in [0.25, 0.3) is 5.70 Å². The van der Waals surface area contributed by atoms with Gasteiger partial charge in [0, 0.05) is 28.2 Å². The number of anilines is 1. The van der Waals surface area contributed by atoms with E-state index in [1.54, 1.807) is 38.0 Å². The third-order valence-electron chi connectivity index (χ3n) is 4.41. The number of aldehydes is 1. The molecule has 4 nitrogen and oxygen atoms in total. The topological polar surface area (TPSA) is 53.3 Å². The molecule has 0 aliphatic heterocycles. The first-order valence-corrected chi connectivity index (χ1v) is 8.30. The smallest absolute Gasteiger partial charge is 0.147 e. The van der Waals surface area contributed by atoms with E-state index < -0.39 is 5.82 Å². The molecule has 0 saturated carbocycles. The normalized spacial score (nSPS) is 11.3. The maximum Gasteiger partial charge on any atom is 0.147 e. The Kier molecular flexibility index (Phi) is 6.15. The van der Waals surface area contributed by atoms with Crippen LogP contribution in [0.2, 0.25) is 0 Å². The standard InChI is InChI=1S/C22H21FN2O2/c1-14-10-20(8-9-22(14)27-5)25(16(3)15(2)13-26)17(4)18-6-7-19(12-24)21(23)11-18/h6-11,13H,4H2,1-3,5H3/b16-15+. The minimum Gasteiger partial charge on any atom is -0.496 e. The maximum atomic E-state index is 14.1. The molecule has 0 atom stereocenters. The summed E-state index contributed by atoms with van der Waals surface area (Å²) in [6, 6.07) is 11.7. The molecule has 0 heterocycles. The Balaban J connectivity index is 2.61. The highest BCUT2D eigenvalue weighted by Crippen LogP contribution is 2.33. The number of benzene rings is 2. The van der Waals surface area contributed by atoms with E-state index in [9.17, 15) is 9.18 Å². The van der Waals surface area contributed by atoms with Crippen molar-refractivity contribution in [1.29, 1.82) is 5.26 Å². The van der Waals surface area contributed by atoms with Gasteiger partial charge >= 0.3 is 0 Å². The van der Waals surface area contributed by atoms with Crippen LogP contribution in [0, 0.1) is 24.1 Å². The molecule has 27 heavy (non-hydrogen) atoms. The number of allylic oxidation sites excluding steroid dienone is 2. The van der Waals surface area contributed by atoms with Crippen molar-refractivity contribution in [2.45, 2.75) is 20.8 Å². The number of hydrogen-bond donors (Lipinski definition) is 0. The van der Waals surface area contributed by atoms with Crippen LogP contribution in [-0.2, 0) is 4.79 Å². The SMILES string of the molecule is C=C(c1ccc(C#N)c(F)c1)N(/C(C)=C(\C)C=O)c1ccc(OC)c(C)c1. The van der Waals surface area contributed by atoms with Gasteiger partial charge in [-0.1, -0.05) is 12.6 Å². The number of carbonyl (C=O) groups excluding carboxylic acids is 1. The summed E-state index contributed by atoms with van der Waals surface area (Å²) in [6.07, 6.45) is 0.769. The molecule has 0 amide bonds. The van der Waals surface area contributed by atoms with Gasteiger partial charge in [-0.05, 0) is 56.7 Å². The highest BCUT2D eigenvalue weighted by Gasteiger charge is 2.18. The summed E-state index contributed by atoms with van der Waals surface area (Å²) in [5, 5.41) is 8.93. The molecule has 5 heteroatoms. The monoisotopic (exact) mass is 364 g/mol. The summed E-state index contributed by atoms with van der Waals surface area (Å²) < 4.78 is 19.4. The number of nitriles is 1. The first kappa shape index (κ1) is 19.9. The Hall–Kier alpha value is -3.39. The molecule has 0 N–H and O–H groups in total. The molecule has 0 spiro atoms. The lowest BCUT2D eigenvalue weighted by Gasteiger charge is -2.29. The van der Waals surface area contributed by atoms with E-state index in [4.69, 9.17) is 10.00 Å². The van der Waals surface area contributed by atoms with Crippen LogP contribution in [0.1, 0.15) is 30.5 Å². The zero-order valence-corrected chi connectivity index (χ0v) is 15.8. The van der Waals surface area contributed by atoms with Gasteiger partial charge < -0.3 is 9.64 Å². The fraction of sp³-hybridized carbons (Fsp3) is 0.182. The van der Waals surface area contributed by atoms with Gasteiger partial charge in [-0.25, -0.2) is 4.39 Å². The van der Waals surface area contributed by atoms with Gasteiger partial charge in [0.2, 0.25) is 0 Å². The summed E-state index contributed by atoms with van der Waals surface area (Å²) in [7, 11) is 1.60. The second-order valence-corrected chi connectivity index (χ2v) is 6.13. The number of aryl methyl sites for hydroxylation is 1. The number of methoxy groups -OCH3 is 1. The number of ether oxygens (including phenoxy) is 1. The summed E-state index contributed by atoms with van der Waals surface area (Å²) in [5.41, 5.74) is 3.84. The Labute approximate surface area is 158 Å². The lowest BCUT2D eigenvalue weighted by atomic mass is 10.1. The van der Waals surface area contributed by atoms with Crippen LogP contribution in [-0.4, -0.2) is 13.4 Å². The van der Waals surface area contributed by atoms with Crippen LogP contribution in [0.15, 0.2) is 54.2 Å². The second kappa shape index (κ2) is 8.33. The molecule has 0 fully saturated rings. The molecule has 0 unspecified atom stereocenters. The van der Waals surface area contributed by atoms with Crippen LogP contribution in [0.5, 0.6) is 5.75 Å². The van der Waals surface area contributed by atoms with Crippen molar-refractivity contribution in [3.05, 3.63) is 76.8 Å². The van der Waals surface area contributed by atoms with Crippen LogP contribution < -0.4 is 9.64 Å². The van der Waals surface area contributed by atoms with Gasteiger partial charge in [0.1, 0.15) is 23.9 Å². The zero-order chi connectivity index (χ0) is 20.1. The Morgan fingerprint density at radius 2 is 1.96 bits per heavy atom. The van der Waals surface area contributed by atoms with Gasteiger partial charge in [-0.2, -0.15) is 5.26 Å². The molecule has 2 aromatic carbocycles. The molecule has 2 aromatic rings. The first-order chi connectivity index (χ1) is 12.8. The summed E-state index contributed by atoms with van der Waals surface area (Å²) in [4.78, 5) is 13.1. The lowest BCUT2D eigenvalue weighted by Crippen LogP contribution is -2.20. The molecule has 0 radical (unpaired) electrons. The average molecular weight is 364 g/mol. The van der Waals surface area contributed by atoms with Gasteiger partial charge in [-0.15, -0.1) is 0 Å². The largest absolute Gasteiger partial charge is 0.496 e. The molecular formula is C22H21FN2O2. The van der Waals surface area contributed by atoms with Crippen LogP contribution >= 0.6 is 0 Å². The van der Waals surface area contributed by atoms with Gasteiger partial charge in [0.05, 0.1) is 12.7 Å². The van der Waals surface area contributed by atoms with Crippen LogP contribution in [0.3, 0.4) is 0 Å². The van der Waals surface area contributed by atoms with E-state index in [1.165, 1.54) is 12.1 Å². The van der Waals surface area contributed by atoms with Crippen molar-refractivity contribution in [1.82, 2.24) is 0 Å². The summed E-state index contributed by atoms with van der Waals surface area (Å²) in [5.74, 6) is 0.123. The van der Waals surface area contributed by atoms with Gasteiger partial charge in [-0.3, -0.25) is 4.79 Å². The number of nitrogens with zero attached hydrogens (tertiary/aromatic N) is 2. The highest BCUT2D eigenvalue weighted by molar-refractivity contribution is 5.85. The van der Waals surface area contributed by atoms with E-state index >= 15 is 0 Å². The van der Waals surface area contributed by atoms with Gasteiger partial charge in [0.25, 0.3) is 0 Å². The predicted molar refractivity (Wildman–Crippen MR) is 105 cm³/mol. The second-order valence-electron chi connectivity index (χ2n) is 6.13. The van der Waals surface area contributed by atoms with Crippen molar-refractivity contribution in [3.63, 3.8) is 0 Å². The maximum absolute atomic E-state index is 14.1. The lowest BCUT2D eigenvalue weighted by molar-refractivity contribution is -0.104. The molecule has 138 valence electrons. The fourth-order valence-electron chi connectivity index (χ4n) is 2.73. The molecule has 0 aromatic heterocycles. The third-order valence-corrected chi connectivity index (χ3v) is 4.41. The summed E-state index contributed by atoms with van der Waals surface area (Å²) >= 11 is 0. The predicted octanol–water partition coefficient (Wildman–Crippen LogP) is 4.98. The number of halogens is 1. The average Bonchev–Trinajstić information content (AvgIpc) is 2.67. The Morgan fingerprint density at radius 3 is 2.48 bits per heavy atom. The highest BCUT2D eigenvalue weighted by atomic mass is 19.1. The van der Waals surface area contributed by atoms with E-state index in [1.807, 2.05) is 25.1 Å². The van der Waals surface area contributed by atoms with E-state index in [0.717, 1.165) is 23.3 Å². The van der Waals surface area contributed by atoms with E-state index in [0.29, 0.717) is 22.5 Å². The molecule has 0 bridgehead atoms. The van der Waals surface area contributed by atoms with Crippen molar-refractivity contribution >= 4 is 17.7 Å².